The molecule has 1 fully saturated rings. The maximum absolute atomic E-state index is 9.85. The normalized spacial score (nSPS) is 17.8. The summed E-state index contributed by atoms with van der Waals surface area (Å²) in [5, 5.41) is 9.85. The van der Waals surface area contributed by atoms with Crippen molar-refractivity contribution in [3.63, 3.8) is 0 Å². The van der Waals surface area contributed by atoms with E-state index in [-0.39, 0.29) is 0 Å². The number of hydrogen-bond acceptors (Lipinski definition) is 4. The Morgan fingerprint density at radius 2 is 1.77 bits per heavy atom. The van der Waals surface area contributed by atoms with Crippen LogP contribution in [-0.4, -0.2) is 42.8 Å². The molecule has 4 heteroatoms. The maximum Gasteiger partial charge on any atom is 0.119 e. The van der Waals surface area contributed by atoms with Gasteiger partial charge in [-0.25, -0.2) is 0 Å². The highest BCUT2D eigenvalue weighted by Crippen LogP contribution is 2.38. The van der Waals surface area contributed by atoms with Crippen molar-refractivity contribution in [3.8, 4) is 11.5 Å². The fourth-order valence-corrected chi connectivity index (χ4v) is 5.71. The number of likely N-dealkylation sites (tertiary alicyclic amines) is 1. The molecule has 0 radical (unpaired) electrons. The molecular formula is C31H38N2O2. The molecule has 1 heterocycles. The molecule has 1 aliphatic heterocycles. The van der Waals surface area contributed by atoms with Gasteiger partial charge in [0, 0.05) is 25.3 Å². The first kappa shape index (κ1) is 23.7. The highest BCUT2D eigenvalue weighted by molar-refractivity contribution is 5.56. The van der Waals surface area contributed by atoms with Crippen molar-refractivity contribution in [1.82, 2.24) is 4.90 Å². The third-order valence-electron chi connectivity index (χ3n) is 7.69. The van der Waals surface area contributed by atoms with E-state index in [4.69, 9.17) is 4.74 Å². The molecule has 0 spiro atoms. The van der Waals surface area contributed by atoms with E-state index < -0.39 is 0 Å². The van der Waals surface area contributed by atoms with Crippen LogP contribution < -0.4 is 9.64 Å². The predicted molar refractivity (Wildman–Crippen MR) is 144 cm³/mol. The van der Waals surface area contributed by atoms with Crippen LogP contribution in [0.3, 0.4) is 0 Å². The molecule has 1 N–H and O–H groups in total. The van der Waals surface area contributed by atoms with Crippen molar-refractivity contribution in [1.29, 1.82) is 0 Å². The number of phenols is 1. The summed E-state index contributed by atoms with van der Waals surface area (Å²) in [5.74, 6) is 1.84. The van der Waals surface area contributed by atoms with Gasteiger partial charge < -0.3 is 14.7 Å². The second-order valence-electron chi connectivity index (χ2n) is 10.0. The summed E-state index contributed by atoms with van der Waals surface area (Å²) in [7, 11) is 0. The van der Waals surface area contributed by atoms with Crippen molar-refractivity contribution in [2.24, 2.45) is 0 Å². The summed E-state index contributed by atoms with van der Waals surface area (Å²) < 4.78 is 6.00. The van der Waals surface area contributed by atoms with Gasteiger partial charge in [0.05, 0.1) is 0 Å². The largest absolute Gasteiger partial charge is 0.508 e. The fourth-order valence-electron chi connectivity index (χ4n) is 5.71. The van der Waals surface area contributed by atoms with Gasteiger partial charge in [-0.1, -0.05) is 36.4 Å². The van der Waals surface area contributed by atoms with Crippen molar-refractivity contribution in [3.05, 3.63) is 89.0 Å². The Labute approximate surface area is 210 Å². The van der Waals surface area contributed by atoms with Crippen LogP contribution >= 0.6 is 0 Å². The van der Waals surface area contributed by atoms with Gasteiger partial charge in [-0.2, -0.15) is 0 Å². The molecule has 1 saturated heterocycles. The Balaban J connectivity index is 1.24. The highest BCUT2D eigenvalue weighted by atomic mass is 16.5. The average Bonchev–Trinajstić information content (AvgIpc) is 3.41. The lowest BCUT2D eigenvalue weighted by atomic mass is 9.79. The van der Waals surface area contributed by atoms with Crippen molar-refractivity contribution in [2.45, 2.75) is 51.5 Å². The number of nitrogens with zero attached hydrogens (tertiary/aromatic N) is 2. The third kappa shape index (κ3) is 5.82. The highest BCUT2D eigenvalue weighted by Gasteiger charge is 2.24. The van der Waals surface area contributed by atoms with E-state index in [9.17, 15) is 5.11 Å². The zero-order valence-corrected chi connectivity index (χ0v) is 21.0. The zero-order valence-electron chi connectivity index (χ0n) is 21.0. The smallest absolute Gasteiger partial charge is 0.119 e. The summed E-state index contributed by atoms with van der Waals surface area (Å²) in [4.78, 5) is 4.98. The number of aromatic hydroxyl groups is 1. The van der Waals surface area contributed by atoms with Crippen molar-refractivity contribution >= 4 is 5.69 Å². The molecule has 1 aliphatic carbocycles. The third-order valence-corrected chi connectivity index (χ3v) is 7.69. The number of rotatable bonds is 9. The Kier molecular flexibility index (Phi) is 7.58. The van der Waals surface area contributed by atoms with E-state index in [1.165, 1.54) is 53.9 Å². The lowest BCUT2D eigenvalue weighted by molar-refractivity contribution is 0.238. The fraction of sp³-hybridized carbons (Fsp3) is 0.419. The summed E-state index contributed by atoms with van der Waals surface area (Å²) >= 11 is 0. The summed E-state index contributed by atoms with van der Waals surface area (Å²) in [6.07, 6.45) is 5.82. The quantitative estimate of drug-likeness (QED) is 0.406. The monoisotopic (exact) mass is 470 g/mol. The van der Waals surface area contributed by atoms with Gasteiger partial charge in [-0.15, -0.1) is 0 Å². The van der Waals surface area contributed by atoms with E-state index in [1.807, 2.05) is 12.1 Å². The van der Waals surface area contributed by atoms with Crippen LogP contribution in [-0.2, 0) is 19.4 Å². The topological polar surface area (TPSA) is 35.9 Å². The molecule has 184 valence electrons. The van der Waals surface area contributed by atoms with E-state index in [0.29, 0.717) is 11.7 Å². The second kappa shape index (κ2) is 11.2. The number of fused-ring (bicyclic) bond motifs is 1. The molecular weight excluding hydrogens is 432 g/mol. The van der Waals surface area contributed by atoms with Gasteiger partial charge in [0.2, 0.25) is 0 Å². The second-order valence-corrected chi connectivity index (χ2v) is 10.0. The van der Waals surface area contributed by atoms with Crippen LogP contribution in [0, 0.1) is 0 Å². The first-order valence-corrected chi connectivity index (χ1v) is 13.3. The first-order valence-electron chi connectivity index (χ1n) is 13.3. The van der Waals surface area contributed by atoms with Crippen LogP contribution in [0.1, 0.15) is 54.4 Å². The Morgan fingerprint density at radius 3 is 2.57 bits per heavy atom. The number of aryl methyl sites for hydroxylation is 1. The Morgan fingerprint density at radius 1 is 0.971 bits per heavy atom. The van der Waals surface area contributed by atoms with Gasteiger partial charge in [0.1, 0.15) is 18.1 Å². The van der Waals surface area contributed by atoms with Crippen LogP contribution in [0.5, 0.6) is 11.5 Å². The van der Waals surface area contributed by atoms with Gasteiger partial charge >= 0.3 is 0 Å². The summed E-state index contributed by atoms with van der Waals surface area (Å²) in [5.41, 5.74) is 6.76. The zero-order chi connectivity index (χ0) is 24.0. The molecule has 0 amide bonds. The molecule has 4 nitrogen and oxygen atoms in total. The van der Waals surface area contributed by atoms with Gasteiger partial charge in [0.15, 0.2) is 0 Å². The first-order chi connectivity index (χ1) is 17.2. The van der Waals surface area contributed by atoms with Crippen LogP contribution in [0.4, 0.5) is 5.69 Å². The van der Waals surface area contributed by atoms with Gasteiger partial charge in [-0.05, 0) is 111 Å². The maximum atomic E-state index is 9.85. The van der Waals surface area contributed by atoms with Gasteiger partial charge in [0.25, 0.3) is 0 Å². The number of hydrogen-bond donors (Lipinski definition) is 1. The number of benzene rings is 3. The summed E-state index contributed by atoms with van der Waals surface area (Å²) in [6.45, 7) is 8.31. The minimum Gasteiger partial charge on any atom is -0.508 e. The molecule has 2 aliphatic rings. The van der Waals surface area contributed by atoms with Crippen LogP contribution in [0.25, 0.3) is 0 Å². The van der Waals surface area contributed by atoms with Crippen molar-refractivity contribution < 1.29 is 9.84 Å². The van der Waals surface area contributed by atoms with E-state index in [2.05, 4.69) is 71.3 Å². The van der Waals surface area contributed by atoms with Crippen LogP contribution in [0.2, 0.25) is 0 Å². The lowest BCUT2D eigenvalue weighted by Crippen LogP contribution is -2.25. The molecule has 3 aromatic carbocycles. The Bertz CT molecular complexity index is 1110. The Hall–Kier alpha value is -2.98. The predicted octanol–water partition coefficient (Wildman–Crippen LogP) is 6.17. The molecule has 0 aromatic heterocycles. The minimum absolute atomic E-state index is 0.378. The lowest BCUT2D eigenvalue weighted by Gasteiger charge is -2.31. The number of phenolic OH excluding ortho intramolecular Hbond substituents is 1. The van der Waals surface area contributed by atoms with E-state index in [0.717, 1.165) is 51.3 Å². The summed E-state index contributed by atoms with van der Waals surface area (Å²) in [6, 6.07) is 23.4. The standard InChI is InChI=1S/C31H38N2O2/c1-2-33(23-24-9-15-29(16-10-24)35-20-19-32-17-5-6-18-32)31-8-4-3-7-30(31)27-12-11-26-22-28(34)14-13-25(26)21-27/h3-4,7-10,13-16,22,27,34H,2,5-6,11-12,17-21,23H2,1H3. The molecule has 35 heavy (non-hydrogen) atoms. The number of para-hydroxylation sites is 1. The minimum atomic E-state index is 0.378. The molecule has 1 unspecified atom stereocenters. The molecule has 1 atom stereocenters. The number of anilines is 1. The molecule has 3 aromatic rings. The molecule has 0 bridgehead atoms. The van der Waals surface area contributed by atoms with E-state index in [1.54, 1.807) is 0 Å². The SMILES string of the molecule is CCN(Cc1ccc(OCCN2CCCC2)cc1)c1ccccc1C1CCc2cc(O)ccc2C1. The number of ether oxygens (including phenoxy) is 1. The van der Waals surface area contributed by atoms with Gasteiger partial charge in [-0.3, -0.25) is 4.90 Å². The van der Waals surface area contributed by atoms with E-state index >= 15 is 0 Å². The van der Waals surface area contributed by atoms with Crippen LogP contribution in [0.15, 0.2) is 66.7 Å². The molecule has 0 saturated carbocycles. The average molecular weight is 471 g/mol. The molecule has 5 rings (SSSR count). The van der Waals surface area contributed by atoms with Crippen molar-refractivity contribution in [2.75, 3.05) is 37.7 Å².